The number of nitrogens with zero attached hydrogens (tertiary/aromatic N) is 3. The van der Waals surface area contributed by atoms with Gasteiger partial charge in [-0.2, -0.15) is 0 Å². The van der Waals surface area contributed by atoms with E-state index < -0.39 is 0 Å². The number of halogens is 1. The van der Waals surface area contributed by atoms with Gasteiger partial charge in [-0.15, -0.1) is 5.10 Å². The Morgan fingerprint density at radius 2 is 2.23 bits per heavy atom. The summed E-state index contributed by atoms with van der Waals surface area (Å²) in [4.78, 5) is 0. The lowest BCUT2D eigenvalue weighted by Crippen LogP contribution is -2.19. The third-order valence-corrected chi connectivity index (χ3v) is 2.48. The molecule has 0 saturated heterocycles. The minimum Gasteiger partial charge on any atom is -0.316 e. The fraction of sp³-hybridized carbons (Fsp3) is 0.750. The van der Waals surface area contributed by atoms with Gasteiger partial charge in [0.25, 0.3) is 0 Å². The number of aromatic nitrogens is 3. The van der Waals surface area contributed by atoms with Gasteiger partial charge in [0, 0.05) is 20.0 Å². The van der Waals surface area contributed by atoms with Gasteiger partial charge in [-0.1, -0.05) is 12.1 Å². The van der Waals surface area contributed by atoms with Crippen LogP contribution in [0.15, 0.2) is 4.60 Å². The van der Waals surface area contributed by atoms with Crippen LogP contribution in [0.4, 0.5) is 0 Å². The van der Waals surface area contributed by atoms with Crippen LogP contribution in [0.3, 0.4) is 0 Å². The highest BCUT2D eigenvalue weighted by molar-refractivity contribution is 9.10. The lowest BCUT2D eigenvalue weighted by molar-refractivity contribution is 0.628. The van der Waals surface area contributed by atoms with Gasteiger partial charge in [0.2, 0.25) is 0 Å². The van der Waals surface area contributed by atoms with Crippen LogP contribution in [0.25, 0.3) is 0 Å². The Hall–Kier alpha value is -0.420. The van der Waals surface area contributed by atoms with E-state index in [9.17, 15) is 0 Å². The van der Waals surface area contributed by atoms with Crippen LogP contribution in [-0.4, -0.2) is 28.1 Å². The molecule has 1 N–H and O–H groups in total. The molecule has 0 bridgehead atoms. The second-order valence-corrected chi connectivity index (χ2v) is 3.70. The van der Waals surface area contributed by atoms with E-state index in [4.69, 9.17) is 0 Å². The Morgan fingerprint density at radius 3 is 2.77 bits per heavy atom. The molecule has 1 aromatic heterocycles. The van der Waals surface area contributed by atoms with Crippen LogP contribution in [0.1, 0.15) is 19.0 Å². The van der Waals surface area contributed by atoms with E-state index >= 15 is 0 Å². The second-order valence-electron chi connectivity index (χ2n) is 2.95. The predicted octanol–water partition coefficient (Wildman–Crippen LogP) is 1.12. The summed E-state index contributed by atoms with van der Waals surface area (Å²) >= 11 is 3.36. The first-order valence-electron chi connectivity index (χ1n) is 4.50. The lowest BCUT2D eigenvalue weighted by Gasteiger charge is -2.02. The maximum Gasteiger partial charge on any atom is 0.151 e. The molecule has 13 heavy (non-hydrogen) atoms. The molecule has 0 unspecified atom stereocenters. The molecule has 5 heteroatoms. The summed E-state index contributed by atoms with van der Waals surface area (Å²) in [6, 6.07) is 0. The van der Waals surface area contributed by atoms with Crippen molar-refractivity contribution < 1.29 is 0 Å². The summed E-state index contributed by atoms with van der Waals surface area (Å²) in [6.07, 6.45) is 2.13. The van der Waals surface area contributed by atoms with E-state index in [-0.39, 0.29) is 0 Å². The monoisotopic (exact) mass is 246 g/mol. The van der Waals surface area contributed by atoms with Gasteiger partial charge in [0.1, 0.15) is 0 Å². The molecule has 0 fully saturated rings. The van der Waals surface area contributed by atoms with Crippen LogP contribution in [0.5, 0.6) is 0 Å². The maximum absolute atomic E-state index is 3.92. The molecule has 0 atom stereocenters. The van der Waals surface area contributed by atoms with Gasteiger partial charge in [-0.25, -0.2) is 0 Å². The molecule has 1 heterocycles. The van der Waals surface area contributed by atoms with Crippen LogP contribution >= 0.6 is 15.9 Å². The molecule has 0 amide bonds. The zero-order valence-corrected chi connectivity index (χ0v) is 9.63. The molecule has 1 aromatic rings. The van der Waals surface area contributed by atoms with Crippen molar-refractivity contribution in [1.29, 1.82) is 0 Å². The normalized spacial score (nSPS) is 10.7. The molecule has 0 radical (unpaired) electrons. The van der Waals surface area contributed by atoms with Gasteiger partial charge in [0.15, 0.2) is 4.60 Å². The molecule has 0 aliphatic rings. The first kappa shape index (κ1) is 10.7. The molecular formula is C8H15BrN4. The smallest absolute Gasteiger partial charge is 0.151 e. The van der Waals surface area contributed by atoms with Crippen molar-refractivity contribution in [1.82, 2.24) is 20.3 Å². The quantitative estimate of drug-likeness (QED) is 0.793. The Kier molecular flexibility index (Phi) is 4.38. The van der Waals surface area contributed by atoms with Crippen LogP contribution in [0.2, 0.25) is 0 Å². The van der Waals surface area contributed by atoms with Crippen LogP contribution < -0.4 is 5.32 Å². The summed E-state index contributed by atoms with van der Waals surface area (Å²) in [5, 5.41) is 11.2. The number of rotatable bonds is 5. The van der Waals surface area contributed by atoms with E-state index in [1.54, 1.807) is 4.68 Å². The highest BCUT2D eigenvalue weighted by Crippen LogP contribution is 2.11. The van der Waals surface area contributed by atoms with E-state index in [2.05, 4.69) is 38.5 Å². The molecule has 1 rings (SSSR count). The Bertz CT molecular complexity index is 239. The minimum atomic E-state index is 0.855. The van der Waals surface area contributed by atoms with E-state index in [1.807, 2.05) is 7.05 Å². The molecule has 74 valence electrons. The molecular weight excluding hydrogens is 232 g/mol. The summed E-state index contributed by atoms with van der Waals surface area (Å²) in [7, 11) is 1.91. The van der Waals surface area contributed by atoms with Crippen molar-refractivity contribution in [2.45, 2.75) is 19.8 Å². The van der Waals surface area contributed by atoms with E-state index in [1.165, 1.54) is 6.42 Å². The molecule has 4 nitrogen and oxygen atoms in total. The van der Waals surface area contributed by atoms with Gasteiger partial charge in [-0.3, -0.25) is 4.68 Å². The van der Waals surface area contributed by atoms with Crippen molar-refractivity contribution in [3.05, 3.63) is 10.3 Å². The fourth-order valence-electron chi connectivity index (χ4n) is 1.13. The standard InChI is InChI=1S/C8H15BrN4/c1-3-5-10-6-4-7-8(9)11-12-13(7)2/h10H,3-6H2,1-2H3. The molecule has 0 aromatic carbocycles. The summed E-state index contributed by atoms with van der Waals surface area (Å²) in [5.74, 6) is 0. The number of aryl methyl sites for hydroxylation is 1. The predicted molar refractivity (Wildman–Crippen MR) is 55.6 cm³/mol. The van der Waals surface area contributed by atoms with Gasteiger partial charge in [-0.05, 0) is 28.9 Å². The summed E-state index contributed by atoms with van der Waals surface area (Å²) in [5.41, 5.74) is 1.14. The van der Waals surface area contributed by atoms with Crippen molar-refractivity contribution >= 4 is 15.9 Å². The summed E-state index contributed by atoms with van der Waals surface area (Å²) < 4.78 is 2.66. The average Bonchev–Trinajstić information content (AvgIpc) is 2.42. The van der Waals surface area contributed by atoms with Crippen LogP contribution in [-0.2, 0) is 13.5 Å². The topological polar surface area (TPSA) is 42.7 Å². The Morgan fingerprint density at radius 1 is 1.46 bits per heavy atom. The zero-order valence-electron chi connectivity index (χ0n) is 8.05. The maximum atomic E-state index is 3.92. The first-order chi connectivity index (χ1) is 6.25. The zero-order chi connectivity index (χ0) is 9.68. The summed E-state index contributed by atoms with van der Waals surface area (Å²) in [6.45, 7) is 4.21. The third kappa shape index (κ3) is 3.08. The highest BCUT2D eigenvalue weighted by Gasteiger charge is 2.05. The Labute approximate surface area is 86.8 Å². The number of nitrogens with one attached hydrogen (secondary N) is 1. The van der Waals surface area contributed by atoms with Crippen molar-refractivity contribution in [3.63, 3.8) is 0 Å². The van der Waals surface area contributed by atoms with Gasteiger partial charge < -0.3 is 5.32 Å². The van der Waals surface area contributed by atoms with Crippen molar-refractivity contribution in [2.75, 3.05) is 13.1 Å². The minimum absolute atomic E-state index is 0.855. The van der Waals surface area contributed by atoms with Crippen molar-refractivity contribution in [3.8, 4) is 0 Å². The number of hydrogen-bond donors (Lipinski definition) is 1. The first-order valence-corrected chi connectivity index (χ1v) is 5.29. The second kappa shape index (κ2) is 5.34. The average molecular weight is 247 g/mol. The lowest BCUT2D eigenvalue weighted by atomic mass is 10.3. The largest absolute Gasteiger partial charge is 0.316 e. The SMILES string of the molecule is CCCNCCc1c(Br)nnn1C. The van der Waals surface area contributed by atoms with E-state index in [0.717, 1.165) is 29.8 Å². The van der Waals surface area contributed by atoms with Crippen molar-refractivity contribution in [2.24, 2.45) is 7.05 Å². The molecule has 0 spiro atoms. The highest BCUT2D eigenvalue weighted by atomic mass is 79.9. The fourth-order valence-corrected chi connectivity index (χ4v) is 1.65. The molecule has 0 aliphatic heterocycles. The number of hydrogen-bond acceptors (Lipinski definition) is 3. The van der Waals surface area contributed by atoms with Crippen LogP contribution in [0, 0.1) is 0 Å². The van der Waals surface area contributed by atoms with Gasteiger partial charge in [0.05, 0.1) is 5.69 Å². The molecule has 0 aliphatic carbocycles. The van der Waals surface area contributed by atoms with E-state index in [0.29, 0.717) is 0 Å². The molecule has 0 saturated carbocycles. The Balaban J connectivity index is 2.36. The third-order valence-electron chi connectivity index (χ3n) is 1.86. The van der Waals surface area contributed by atoms with Gasteiger partial charge >= 0.3 is 0 Å².